The lowest BCUT2D eigenvalue weighted by molar-refractivity contribution is 0.0504. The number of hydrogen-bond acceptors (Lipinski definition) is 1. The van der Waals surface area contributed by atoms with E-state index in [1.807, 2.05) is 0 Å². The fourth-order valence-corrected chi connectivity index (χ4v) is 5.99. The van der Waals surface area contributed by atoms with Gasteiger partial charge in [-0.25, -0.2) is 0 Å². The molecule has 0 bridgehead atoms. The van der Waals surface area contributed by atoms with Gasteiger partial charge in [-0.05, 0) is 79.5 Å². The van der Waals surface area contributed by atoms with E-state index in [0.29, 0.717) is 11.3 Å². The fourth-order valence-electron chi connectivity index (χ4n) is 5.99. The first-order valence-corrected chi connectivity index (χ1v) is 9.78. The minimum atomic E-state index is 0.259. The molecule has 1 aromatic heterocycles. The molecule has 4 rings (SSSR count). The van der Waals surface area contributed by atoms with Gasteiger partial charge in [-0.3, -0.25) is 0 Å². The monoisotopic (exact) mass is 324 g/mol. The molecule has 2 aliphatic rings. The van der Waals surface area contributed by atoms with Gasteiger partial charge in [0.25, 0.3) is 0 Å². The highest BCUT2D eigenvalue weighted by Gasteiger charge is 2.51. The van der Waals surface area contributed by atoms with E-state index in [-0.39, 0.29) is 5.41 Å². The van der Waals surface area contributed by atoms with Crippen LogP contribution in [-0.2, 0) is 5.41 Å². The Hall–Kier alpha value is -1.24. The van der Waals surface area contributed by atoms with Crippen molar-refractivity contribution in [3.8, 4) is 0 Å². The van der Waals surface area contributed by atoms with Gasteiger partial charge in [0, 0.05) is 16.9 Å². The molecule has 2 aromatic rings. The zero-order chi connectivity index (χ0) is 17.3. The maximum atomic E-state index is 6.50. The van der Waals surface area contributed by atoms with Crippen molar-refractivity contribution in [3.63, 3.8) is 0 Å². The molecule has 1 heterocycles. The van der Waals surface area contributed by atoms with Crippen molar-refractivity contribution in [3.05, 3.63) is 34.6 Å². The van der Waals surface area contributed by atoms with Crippen molar-refractivity contribution in [1.82, 2.24) is 0 Å². The Kier molecular flexibility index (Phi) is 3.47. The van der Waals surface area contributed by atoms with Crippen molar-refractivity contribution in [2.24, 2.45) is 11.3 Å². The second-order valence-electron chi connectivity index (χ2n) is 9.56. The van der Waals surface area contributed by atoms with Crippen LogP contribution in [0.3, 0.4) is 0 Å². The van der Waals surface area contributed by atoms with Crippen LogP contribution in [0, 0.1) is 25.2 Å². The maximum absolute atomic E-state index is 6.50. The van der Waals surface area contributed by atoms with Crippen LogP contribution in [0.4, 0.5) is 0 Å². The van der Waals surface area contributed by atoms with E-state index in [9.17, 15) is 0 Å². The molecule has 1 nitrogen and oxygen atoms in total. The van der Waals surface area contributed by atoms with E-state index in [1.54, 1.807) is 5.56 Å². The Balaban J connectivity index is 2.03. The molecule has 3 atom stereocenters. The molecule has 24 heavy (non-hydrogen) atoms. The third-order valence-corrected chi connectivity index (χ3v) is 7.47. The third kappa shape index (κ3) is 2.13. The number of furan rings is 1. The van der Waals surface area contributed by atoms with E-state index in [4.69, 9.17) is 4.42 Å². The molecule has 0 saturated heterocycles. The summed E-state index contributed by atoms with van der Waals surface area (Å²) in [6.07, 6.45) is 6.61. The summed E-state index contributed by atoms with van der Waals surface area (Å²) in [5.74, 6) is 2.58. The van der Waals surface area contributed by atoms with Crippen LogP contribution in [0.25, 0.3) is 11.0 Å². The smallest absolute Gasteiger partial charge is 0.134 e. The van der Waals surface area contributed by atoms with Gasteiger partial charge in [-0.1, -0.05) is 34.1 Å². The summed E-state index contributed by atoms with van der Waals surface area (Å²) < 4.78 is 6.50. The average molecular weight is 325 g/mol. The topological polar surface area (TPSA) is 13.1 Å². The molecule has 2 aliphatic carbocycles. The van der Waals surface area contributed by atoms with E-state index in [0.717, 1.165) is 11.5 Å². The highest BCUT2D eigenvalue weighted by atomic mass is 16.3. The number of hydrogen-bond donors (Lipinski definition) is 0. The van der Waals surface area contributed by atoms with E-state index >= 15 is 0 Å². The maximum Gasteiger partial charge on any atom is 0.134 e. The predicted octanol–water partition coefficient (Wildman–Crippen LogP) is 7.03. The van der Waals surface area contributed by atoms with E-state index in [1.165, 1.54) is 54.4 Å². The van der Waals surface area contributed by atoms with Crippen LogP contribution >= 0.6 is 0 Å². The quantitative estimate of drug-likeness (QED) is 0.507. The highest BCUT2D eigenvalue weighted by Crippen LogP contribution is 2.59. The molecular formula is C23H32O. The van der Waals surface area contributed by atoms with Gasteiger partial charge in [0.05, 0.1) is 0 Å². The van der Waals surface area contributed by atoms with Gasteiger partial charge < -0.3 is 4.42 Å². The van der Waals surface area contributed by atoms with Crippen LogP contribution < -0.4 is 0 Å². The second-order valence-corrected chi connectivity index (χ2v) is 9.56. The van der Waals surface area contributed by atoms with E-state index < -0.39 is 0 Å². The van der Waals surface area contributed by atoms with Crippen LogP contribution in [0.5, 0.6) is 0 Å². The van der Waals surface area contributed by atoms with Crippen molar-refractivity contribution >= 4 is 11.0 Å². The Morgan fingerprint density at radius 1 is 1.00 bits per heavy atom. The summed E-state index contributed by atoms with van der Waals surface area (Å²) in [6, 6.07) is 4.66. The molecule has 1 saturated carbocycles. The summed E-state index contributed by atoms with van der Waals surface area (Å²) >= 11 is 0. The first-order chi connectivity index (χ1) is 11.2. The minimum absolute atomic E-state index is 0.259. The zero-order valence-corrected chi connectivity index (χ0v) is 16.3. The SMILES string of the molecule is Cc1cc2oc3c(c2cc1C)C1(C)CCCC(C)(C)[C@@H]1CCC3C. The lowest BCUT2D eigenvalue weighted by Gasteiger charge is -2.50. The molecular weight excluding hydrogens is 292 g/mol. The number of aryl methyl sites for hydroxylation is 2. The summed E-state index contributed by atoms with van der Waals surface area (Å²) in [5.41, 5.74) is 6.08. The minimum Gasteiger partial charge on any atom is -0.460 e. The fraction of sp³-hybridized carbons (Fsp3) is 0.652. The Labute approximate surface area is 146 Å². The second kappa shape index (κ2) is 5.13. The lowest BCUT2D eigenvalue weighted by atomic mass is 9.53. The van der Waals surface area contributed by atoms with Crippen molar-refractivity contribution in [2.45, 2.75) is 85.0 Å². The molecule has 0 amide bonds. The van der Waals surface area contributed by atoms with Crippen molar-refractivity contribution in [1.29, 1.82) is 0 Å². The van der Waals surface area contributed by atoms with Crippen molar-refractivity contribution < 1.29 is 4.42 Å². The normalized spacial score (nSPS) is 32.2. The molecule has 1 fully saturated rings. The predicted molar refractivity (Wildman–Crippen MR) is 102 cm³/mol. The molecule has 130 valence electrons. The Bertz CT molecular complexity index is 794. The Morgan fingerprint density at radius 2 is 1.71 bits per heavy atom. The Morgan fingerprint density at radius 3 is 2.46 bits per heavy atom. The summed E-state index contributed by atoms with van der Waals surface area (Å²) in [6.45, 7) is 14.3. The van der Waals surface area contributed by atoms with Gasteiger partial charge in [0.1, 0.15) is 11.3 Å². The number of fused-ring (bicyclic) bond motifs is 5. The molecule has 2 unspecified atom stereocenters. The summed E-state index contributed by atoms with van der Waals surface area (Å²) in [7, 11) is 0. The number of benzene rings is 1. The number of rotatable bonds is 0. The molecule has 0 aliphatic heterocycles. The van der Waals surface area contributed by atoms with Gasteiger partial charge in [-0.15, -0.1) is 0 Å². The van der Waals surface area contributed by atoms with Gasteiger partial charge in [0.15, 0.2) is 0 Å². The standard InChI is InChI=1S/C23H32O/c1-14-8-9-19-22(4,5)10-7-11-23(19,6)20-17-12-15(2)16(3)13-18(17)24-21(14)20/h12-14,19H,7-11H2,1-6H3/t14?,19-,23?/m0/s1. The largest absolute Gasteiger partial charge is 0.460 e. The zero-order valence-electron chi connectivity index (χ0n) is 16.3. The first kappa shape index (κ1) is 16.2. The molecule has 1 heteroatoms. The van der Waals surface area contributed by atoms with Crippen molar-refractivity contribution in [2.75, 3.05) is 0 Å². The first-order valence-electron chi connectivity index (χ1n) is 9.78. The lowest BCUT2D eigenvalue weighted by Crippen LogP contribution is -2.44. The van der Waals surface area contributed by atoms with Crippen LogP contribution in [0.1, 0.15) is 88.2 Å². The van der Waals surface area contributed by atoms with Gasteiger partial charge in [-0.2, -0.15) is 0 Å². The van der Waals surface area contributed by atoms with E-state index in [2.05, 4.69) is 53.7 Å². The summed E-state index contributed by atoms with van der Waals surface area (Å²) in [4.78, 5) is 0. The highest BCUT2D eigenvalue weighted by molar-refractivity contribution is 5.85. The third-order valence-electron chi connectivity index (χ3n) is 7.47. The van der Waals surface area contributed by atoms with Gasteiger partial charge >= 0.3 is 0 Å². The molecule has 1 aromatic carbocycles. The van der Waals surface area contributed by atoms with Crippen LogP contribution in [-0.4, -0.2) is 0 Å². The average Bonchev–Trinajstić information content (AvgIpc) is 2.80. The van der Waals surface area contributed by atoms with Gasteiger partial charge in [0.2, 0.25) is 0 Å². The molecule has 0 N–H and O–H groups in total. The molecule has 0 spiro atoms. The van der Waals surface area contributed by atoms with Crippen LogP contribution in [0.15, 0.2) is 16.5 Å². The molecule has 0 radical (unpaired) electrons. The summed E-state index contributed by atoms with van der Waals surface area (Å²) in [5, 5.41) is 1.40. The van der Waals surface area contributed by atoms with Crippen LogP contribution in [0.2, 0.25) is 0 Å².